The lowest BCUT2D eigenvalue weighted by Gasteiger charge is -2.33. The van der Waals surface area contributed by atoms with E-state index in [0.29, 0.717) is 6.10 Å². The smallest absolute Gasteiger partial charge is 0.0702 e. The fourth-order valence-electron chi connectivity index (χ4n) is 3.43. The van der Waals surface area contributed by atoms with Crippen molar-refractivity contribution >= 4 is 0 Å². The first-order valence-corrected chi connectivity index (χ1v) is 8.63. The molecule has 0 radical (unpaired) electrons. The SMILES string of the molecule is c1cncc(CCCN(CC2CCC2)C[C@H]2CCCO2)c1. The second kappa shape index (κ2) is 7.90. The molecule has 1 saturated heterocycles. The van der Waals surface area contributed by atoms with Gasteiger partial charge in [-0.2, -0.15) is 0 Å². The molecule has 3 nitrogen and oxygen atoms in total. The Morgan fingerprint density at radius 1 is 1.19 bits per heavy atom. The van der Waals surface area contributed by atoms with Gasteiger partial charge >= 0.3 is 0 Å². The Bertz CT molecular complexity index is 399. The van der Waals surface area contributed by atoms with E-state index in [1.165, 1.54) is 57.2 Å². The van der Waals surface area contributed by atoms with E-state index in [1.54, 1.807) is 0 Å². The highest BCUT2D eigenvalue weighted by Gasteiger charge is 2.24. The van der Waals surface area contributed by atoms with Gasteiger partial charge in [0.05, 0.1) is 6.10 Å². The molecular weight excluding hydrogens is 260 g/mol. The van der Waals surface area contributed by atoms with Crippen LogP contribution in [0.25, 0.3) is 0 Å². The predicted molar refractivity (Wildman–Crippen MR) is 85.3 cm³/mol. The van der Waals surface area contributed by atoms with Crippen LogP contribution in [0, 0.1) is 5.92 Å². The number of pyridine rings is 1. The van der Waals surface area contributed by atoms with Crippen molar-refractivity contribution in [3.8, 4) is 0 Å². The number of aryl methyl sites for hydroxylation is 1. The Morgan fingerprint density at radius 3 is 2.81 bits per heavy atom. The lowest BCUT2D eigenvalue weighted by molar-refractivity contribution is 0.0607. The van der Waals surface area contributed by atoms with E-state index >= 15 is 0 Å². The Labute approximate surface area is 128 Å². The van der Waals surface area contributed by atoms with Gasteiger partial charge in [-0.05, 0) is 62.6 Å². The highest BCUT2D eigenvalue weighted by Crippen LogP contribution is 2.27. The second-order valence-corrected chi connectivity index (χ2v) is 6.66. The fraction of sp³-hybridized carbons (Fsp3) is 0.722. The summed E-state index contributed by atoms with van der Waals surface area (Å²) in [5.41, 5.74) is 1.36. The average molecular weight is 288 g/mol. The largest absolute Gasteiger partial charge is 0.377 e. The van der Waals surface area contributed by atoms with Crippen molar-refractivity contribution in [3.05, 3.63) is 30.1 Å². The molecule has 1 aromatic rings. The highest BCUT2D eigenvalue weighted by atomic mass is 16.5. The van der Waals surface area contributed by atoms with E-state index in [9.17, 15) is 0 Å². The lowest BCUT2D eigenvalue weighted by atomic mass is 9.85. The minimum absolute atomic E-state index is 0.489. The van der Waals surface area contributed by atoms with Crippen molar-refractivity contribution in [1.29, 1.82) is 0 Å². The van der Waals surface area contributed by atoms with Gasteiger partial charge in [-0.3, -0.25) is 4.98 Å². The van der Waals surface area contributed by atoms with Crippen LogP contribution < -0.4 is 0 Å². The van der Waals surface area contributed by atoms with E-state index in [1.807, 2.05) is 18.5 Å². The van der Waals surface area contributed by atoms with Crippen molar-refractivity contribution in [2.24, 2.45) is 5.92 Å². The lowest BCUT2D eigenvalue weighted by Crippen LogP contribution is -2.38. The summed E-state index contributed by atoms with van der Waals surface area (Å²) >= 11 is 0. The molecule has 0 aromatic carbocycles. The van der Waals surface area contributed by atoms with Gasteiger partial charge < -0.3 is 9.64 Å². The highest BCUT2D eigenvalue weighted by molar-refractivity contribution is 5.08. The molecule has 2 aliphatic rings. The summed E-state index contributed by atoms with van der Waals surface area (Å²) in [5.74, 6) is 0.949. The van der Waals surface area contributed by atoms with Crippen molar-refractivity contribution in [2.75, 3.05) is 26.2 Å². The van der Waals surface area contributed by atoms with Gasteiger partial charge in [0.25, 0.3) is 0 Å². The quantitative estimate of drug-likeness (QED) is 0.734. The van der Waals surface area contributed by atoms with Crippen molar-refractivity contribution in [1.82, 2.24) is 9.88 Å². The number of hydrogen-bond acceptors (Lipinski definition) is 3. The second-order valence-electron chi connectivity index (χ2n) is 6.66. The van der Waals surface area contributed by atoms with E-state index < -0.39 is 0 Å². The van der Waals surface area contributed by atoms with Crippen LogP contribution in [-0.2, 0) is 11.2 Å². The summed E-state index contributed by atoms with van der Waals surface area (Å²) in [4.78, 5) is 6.87. The monoisotopic (exact) mass is 288 g/mol. The molecule has 1 saturated carbocycles. The molecule has 0 N–H and O–H groups in total. The molecule has 3 rings (SSSR count). The Morgan fingerprint density at radius 2 is 2.14 bits per heavy atom. The molecule has 1 aromatic heterocycles. The number of ether oxygens (including phenoxy) is 1. The van der Waals surface area contributed by atoms with E-state index in [2.05, 4.69) is 16.0 Å². The minimum atomic E-state index is 0.489. The number of nitrogens with zero attached hydrogens (tertiary/aromatic N) is 2. The Balaban J connectivity index is 1.43. The number of aromatic nitrogens is 1. The molecule has 0 amide bonds. The maximum Gasteiger partial charge on any atom is 0.0702 e. The summed E-state index contributed by atoms with van der Waals surface area (Å²) in [7, 11) is 0. The van der Waals surface area contributed by atoms with Crippen LogP contribution >= 0.6 is 0 Å². The maximum atomic E-state index is 5.83. The molecule has 1 atom stereocenters. The van der Waals surface area contributed by atoms with Crippen LogP contribution in [0.3, 0.4) is 0 Å². The molecule has 0 bridgehead atoms. The summed E-state index contributed by atoms with van der Waals surface area (Å²) < 4.78 is 5.83. The van der Waals surface area contributed by atoms with Gasteiger partial charge in [-0.1, -0.05) is 12.5 Å². The summed E-state index contributed by atoms with van der Waals surface area (Å²) in [6.07, 6.45) is 13.5. The zero-order valence-electron chi connectivity index (χ0n) is 13.0. The molecule has 2 heterocycles. The average Bonchev–Trinajstić information content (AvgIpc) is 2.96. The van der Waals surface area contributed by atoms with Crippen LogP contribution in [0.5, 0.6) is 0 Å². The van der Waals surface area contributed by atoms with Crippen molar-refractivity contribution in [3.63, 3.8) is 0 Å². The standard InChI is InChI=1S/C18H28N2O/c1-5-17(6-1)14-20(15-18-9-4-12-21-18)11-3-8-16-7-2-10-19-13-16/h2,7,10,13,17-18H,1,3-6,8-9,11-12,14-15H2/t18-/m1/s1. The van der Waals surface area contributed by atoms with E-state index in [4.69, 9.17) is 4.74 Å². The van der Waals surface area contributed by atoms with Crippen LogP contribution in [0.2, 0.25) is 0 Å². The van der Waals surface area contributed by atoms with E-state index in [-0.39, 0.29) is 0 Å². The van der Waals surface area contributed by atoms with Gasteiger partial charge in [0.1, 0.15) is 0 Å². The number of hydrogen-bond donors (Lipinski definition) is 0. The van der Waals surface area contributed by atoms with Gasteiger partial charge in [-0.15, -0.1) is 0 Å². The summed E-state index contributed by atoms with van der Waals surface area (Å²) in [5, 5.41) is 0. The normalized spacial score (nSPS) is 22.6. The summed E-state index contributed by atoms with van der Waals surface area (Å²) in [6, 6.07) is 4.22. The van der Waals surface area contributed by atoms with Gasteiger partial charge in [0, 0.05) is 32.1 Å². The molecular formula is C18H28N2O. The fourth-order valence-corrected chi connectivity index (χ4v) is 3.43. The third kappa shape index (κ3) is 4.79. The molecule has 1 aliphatic carbocycles. The van der Waals surface area contributed by atoms with Crippen LogP contribution in [-0.4, -0.2) is 42.2 Å². The maximum absolute atomic E-state index is 5.83. The molecule has 2 fully saturated rings. The molecule has 3 heteroatoms. The zero-order valence-corrected chi connectivity index (χ0v) is 13.0. The van der Waals surface area contributed by atoms with E-state index in [0.717, 1.165) is 25.5 Å². The first-order chi connectivity index (χ1) is 10.4. The topological polar surface area (TPSA) is 25.4 Å². The molecule has 0 spiro atoms. The van der Waals surface area contributed by atoms with Crippen molar-refractivity contribution in [2.45, 2.75) is 51.0 Å². The molecule has 21 heavy (non-hydrogen) atoms. The Kier molecular flexibility index (Phi) is 5.64. The van der Waals surface area contributed by atoms with Gasteiger partial charge in [-0.25, -0.2) is 0 Å². The predicted octanol–water partition coefficient (Wildman–Crippen LogP) is 3.30. The zero-order chi connectivity index (χ0) is 14.3. The minimum Gasteiger partial charge on any atom is -0.377 e. The van der Waals surface area contributed by atoms with Crippen molar-refractivity contribution < 1.29 is 4.74 Å². The molecule has 0 unspecified atom stereocenters. The first kappa shape index (κ1) is 15.0. The molecule has 116 valence electrons. The summed E-state index contributed by atoms with van der Waals surface area (Å²) in [6.45, 7) is 4.60. The van der Waals surface area contributed by atoms with Crippen LogP contribution in [0.4, 0.5) is 0 Å². The number of rotatable bonds is 8. The van der Waals surface area contributed by atoms with Crippen LogP contribution in [0.15, 0.2) is 24.5 Å². The Hall–Kier alpha value is -0.930. The van der Waals surface area contributed by atoms with Gasteiger partial charge in [0.2, 0.25) is 0 Å². The third-order valence-corrected chi connectivity index (χ3v) is 4.89. The van der Waals surface area contributed by atoms with Gasteiger partial charge in [0.15, 0.2) is 0 Å². The van der Waals surface area contributed by atoms with Crippen LogP contribution in [0.1, 0.15) is 44.1 Å². The first-order valence-electron chi connectivity index (χ1n) is 8.63. The third-order valence-electron chi connectivity index (χ3n) is 4.89. The molecule has 1 aliphatic heterocycles.